The zero-order valence-electron chi connectivity index (χ0n) is 23.8. The Balaban J connectivity index is 1.20. The normalized spacial score (nSPS) is 24.7. The van der Waals surface area contributed by atoms with E-state index in [-0.39, 0.29) is 41.5 Å². The highest BCUT2D eigenvalue weighted by molar-refractivity contribution is 5.74. The summed E-state index contributed by atoms with van der Waals surface area (Å²) < 4.78 is 56.8. The summed E-state index contributed by atoms with van der Waals surface area (Å²) in [7, 11) is 0. The first-order valence-corrected chi connectivity index (χ1v) is 15.2. The van der Waals surface area contributed by atoms with E-state index in [2.05, 4.69) is 16.7 Å². The van der Waals surface area contributed by atoms with E-state index in [1.54, 1.807) is 12.1 Å². The van der Waals surface area contributed by atoms with Crippen LogP contribution in [0.15, 0.2) is 48.5 Å². The van der Waals surface area contributed by atoms with E-state index in [1.165, 1.54) is 18.2 Å². The minimum atomic E-state index is -2.98. The maximum absolute atomic E-state index is 14.7. The quantitative estimate of drug-likeness (QED) is 0.290. The SMILES string of the molecule is CC(C1CCC1)C(C(=O)O)N1CC(CN2CCC(CCC(F)(F)c3ccc(F)cc3)CC2)C(c2cccc(F)c2)C1. The second kappa shape index (κ2) is 12.8. The number of rotatable bonds is 11. The van der Waals surface area contributed by atoms with Gasteiger partial charge in [-0.3, -0.25) is 9.69 Å². The summed E-state index contributed by atoms with van der Waals surface area (Å²) in [6.45, 7) is 5.70. The fourth-order valence-corrected chi connectivity index (χ4v) is 7.38. The highest BCUT2D eigenvalue weighted by Crippen LogP contribution is 2.41. The van der Waals surface area contributed by atoms with Crippen molar-refractivity contribution in [3.05, 3.63) is 71.3 Å². The van der Waals surface area contributed by atoms with E-state index < -0.39 is 23.8 Å². The molecule has 0 radical (unpaired) electrons. The first kappa shape index (κ1) is 30.0. The van der Waals surface area contributed by atoms with Crippen LogP contribution in [0.2, 0.25) is 0 Å². The second-order valence-corrected chi connectivity index (χ2v) is 12.7. The number of carbonyl (C=O) groups is 1. The van der Waals surface area contributed by atoms with Crippen LogP contribution >= 0.6 is 0 Å². The predicted octanol–water partition coefficient (Wildman–Crippen LogP) is 7.15. The lowest BCUT2D eigenvalue weighted by Crippen LogP contribution is -2.48. The molecular weight excluding hydrogens is 532 g/mol. The van der Waals surface area contributed by atoms with Gasteiger partial charge in [0, 0.05) is 37.5 Å². The lowest BCUT2D eigenvalue weighted by atomic mass is 9.73. The molecule has 0 spiro atoms. The number of hydrogen-bond acceptors (Lipinski definition) is 3. The molecule has 4 nitrogen and oxygen atoms in total. The van der Waals surface area contributed by atoms with Crippen LogP contribution in [0.1, 0.15) is 68.9 Å². The van der Waals surface area contributed by atoms with Crippen molar-refractivity contribution in [1.29, 1.82) is 0 Å². The van der Waals surface area contributed by atoms with Gasteiger partial charge in [0.2, 0.25) is 0 Å². The molecule has 1 saturated carbocycles. The number of piperidine rings is 1. The predicted molar refractivity (Wildman–Crippen MR) is 151 cm³/mol. The average Bonchev–Trinajstić information content (AvgIpc) is 3.30. The van der Waals surface area contributed by atoms with Crippen LogP contribution in [0.25, 0.3) is 0 Å². The number of halogens is 4. The van der Waals surface area contributed by atoms with Crippen molar-refractivity contribution in [1.82, 2.24) is 9.80 Å². The standard InChI is InChI=1S/C33H42F4N2O2/c1-22(24-4-2-5-24)31(32(40)41)39-20-26(30(21-39)25-6-3-7-29(35)18-25)19-38-16-13-23(14-17-38)12-15-33(36,37)27-8-10-28(34)11-9-27/h3,6-11,18,22-24,26,30-31H,2,4-5,12-17,19-21H2,1H3,(H,40,41). The smallest absolute Gasteiger partial charge is 0.321 e. The van der Waals surface area contributed by atoms with Crippen LogP contribution in [0, 0.1) is 35.3 Å². The molecule has 224 valence electrons. The molecule has 2 aromatic rings. The molecule has 3 fully saturated rings. The Labute approximate surface area is 240 Å². The Morgan fingerprint density at radius 3 is 2.32 bits per heavy atom. The van der Waals surface area contributed by atoms with Gasteiger partial charge in [0.25, 0.3) is 5.92 Å². The molecule has 41 heavy (non-hydrogen) atoms. The molecule has 4 atom stereocenters. The van der Waals surface area contributed by atoms with Gasteiger partial charge in [-0.2, -0.15) is 0 Å². The molecule has 5 rings (SSSR count). The minimum Gasteiger partial charge on any atom is -0.480 e. The summed E-state index contributed by atoms with van der Waals surface area (Å²) >= 11 is 0. The number of likely N-dealkylation sites (tertiary alicyclic amines) is 2. The molecule has 2 saturated heterocycles. The summed E-state index contributed by atoms with van der Waals surface area (Å²) in [6, 6.07) is 10.6. The second-order valence-electron chi connectivity index (χ2n) is 12.7. The van der Waals surface area contributed by atoms with Gasteiger partial charge in [-0.25, -0.2) is 17.6 Å². The number of nitrogens with zero attached hydrogens (tertiary/aromatic N) is 2. The average molecular weight is 575 g/mol. The molecule has 2 aromatic carbocycles. The fourth-order valence-electron chi connectivity index (χ4n) is 7.38. The van der Waals surface area contributed by atoms with Crippen LogP contribution in [-0.4, -0.2) is 59.6 Å². The van der Waals surface area contributed by atoms with Crippen molar-refractivity contribution >= 4 is 5.97 Å². The van der Waals surface area contributed by atoms with Gasteiger partial charge in [-0.15, -0.1) is 0 Å². The van der Waals surface area contributed by atoms with E-state index in [1.807, 2.05) is 6.07 Å². The molecule has 0 aromatic heterocycles. The van der Waals surface area contributed by atoms with Crippen molar-refractivity contribution < 1.29 is 27.5 Å². The molecule has 1 N–H and O–H groups in total. The first-order valence-electron chi connectivity index (χ1n) is 15.2. The summed E-state index contributed by atoms with van der Waals surface area (Å²) in [4.78, 5) is 17.0. The minimum absolute atomic E-state index is 0.0354. The van der Waals surface area contributed by atoms with Crippen molar-refractivity contribution in [3.63, 3.8) is 0 Å². The van der Waals surface area contributed by atoms with Crippen LogP contribution in [0.3, 0.4) is 0 Å². The van der Waals surface area contributed by atoms with E-state index in [0.717, 1.165) is 69.4 Å². The monoisotopic (exact) mass is 574 g/mol. The number of carboxylic acid groups (broad SMARTS) is 1. The largest absolute Gasteiger partial charge is 0.480 e. The highest BCUT2D eigenvalue weighted by Gasteiger charge is 2.44. The van der Waals surface area contributed by atoms with Crippen molar-refractivity contribution in [3.8, 4) is 0 Å². The Kier molecular flexibility index (Phi) is 9.39. The summed E-state index contributed by atoms with van der Waals surface area (Å²) in [5.41, 5.74) is 0.771. The Bertz CT molecular complexity index is 1160. The summed E-state index contributed by atoms with van der Waals surface area (Å²) in [6.07, 6.45) is 5.16. The number of hydrogen-bond donors (Lipinski definition) is 1. The maximum atomic E-state index is 14.7. The zero-order valence-corrected chi connectivity index (χ0v) is 23.8. The molecule has 0 amide bonds. The van der Waals surface area contributed by atoms with Crippen molar-refractivity contribution in [2.45, 2.75) is 69.8 Å². The van der Waals surface area contributed by atoms with Crippen LogP contribution in [-0.2, 0) is 10.7 Å². The molecule has 0 bridgehead atoms. The Morgan fingerprint density at radius 2 is 1.71 bits per heavy atom. The maximum Gasteiger partial charge on any atom is 0.321 e. The van der Waals surface area contributed by atoms with E-state index in [9.17, 15) is 27.5 Å². The lowest BCUT2D eigenvalue weighted by Gasteiger charge is -2.38. The molecule has 2 aliphatic heterocycles. The third-order valence-corrected chi connectivity index (χ3v) is 10.1. The first-order chi connectivity index (χ1) is 19.6. The van der Waals surface area contributed by atoms with Gasteiger partial charge in [0.15, 0.2) is 0 Å². The van der Waals surface area contributed by atoms with Gasteiger partial charge in [0.05, 0.1) is 0 Å². The Hall–Kier alpha value is -2.45. The number of benzene rings is 2. The third kappa shape index (κ3) is 7.14. The van der Waals surface area contributed by atoms with Crippen molar-refractivity contribution in [2.75, 3.05) is 32.7 Å². The van der Waals surface area contributed by atoms with Gasteiger partial charge >= 0.3 is 5.97 Å². The fraction of sp³-hybridized carbons (Fsp3) is 0.606. The van der Waals surface area contributed by atoms with E-state index in [4.69, 9.17) is 0 Å². The summed E-state index contributed by atoms with van der Waals surface area (Å²) in [5, 5.41) is 10.2. The van der Waals surface area contributed by atoms with Crippen LogP contribution in [0.4, 0.5) is 17.6 Å². The highest BCUT2D eigenvalue weighted by atomic mass is 19.3. The van der Waals surface area contributed by atoms with Gasteiger partial charge in [-0.1, -0.05) is 50.5 Å². The van der Waals surface area contributed by atoms with E-state index >= 15 is 0 Å². The summed E-state index contributed by atoms with van der Waals surface area (Å²) in [5.74, 6) is -3.65. The van der Waals surface area contributed by atoms with Crippen LogP contribution < -0.4 is 0 Å². The van der Waals surface area contributed by atoms with Gasteiger partial charge in [-0.05, 0) is 85.9 Å². The molecule has 3 aliphatic rings. The van der Waals surface area contributed by atoms with Gasteiger partial charge in [0.1, 0.15) is 17.7 Å². The molecule has 2 heterocycles. The zero-order chi connectivity index (χ0) is 29.1. The number of alkyl halides is 2. The van der Waals surface area contributed by atoms with Crippen molar-refractivity contribution in [2.24, 2.45) is 23.7 Å². The van der Waals surface area contributed by atoms with Crippen LogP contribution in [0.5, 0.6) is 0 Å². The third-order valence-electron chi connectivity index (χ3n) is 10.1. The molecule has 1 aliphatic carbocycles. The van der Waals surface area contributed by atoms with E-state index in [0.29, 0.717) is 25.4 Å². The lowest BCUT2D eigenvalue weighted by molar-refractivity contribution is -0.146. The molecule has 4 unspecified atom stereocenters. The number of aliphatic carboxylic acids is 1. The Morgan fingerprint density at radius 1 is 1.00 bits per heavy atom. The van der Waals surface area contributed by atoms with Gasteiger partial charge < -0.3 is 10.0 Å². The topological polar surface area (TPSA) is 43.8 Å². The molecular formula is C33H42F4N2O2. The molecule has 8 heteroatoms. The number of carboxylic acids is 1.